The van der Waals surface area contributed by atoms with E-state index in [1.54, 1.807) is 7.11 Å². The molecule has 113 valence electrons. The van der Waals surface area contributed by atoms with E-state index in [2.05, 4.69) is 11.4 Å². The van der Waals surface area contributed by atoms with Crippen LogP contribution in [-0.2, 0) is 11.3 Å². The first-order valence-electron chi connectivity index (χ1n) is 7.46. The number of carbonyl (C=O) groups is 1. The standard InChI is InChI=1S/C18H19N2O2/c1-22-17-10-9-16(20-11-5-8-18(20)21)12-14(17)13-19-15-6-3-2-4-7-15/h2-4,6,9-10,12,19H,5,8,11,13H2,1H3. The highest BCUT2D eigenvalue weighted by Gasteiger charge is 2.22. The number of nitrogens with zero attached hydrogens (tertiary/aromatic N) is 1. The number of methoxy groups -OCH3 is 1. The topological polar surface area (TPSA) is 41.6 Å². The number of hydrogen-bond acceptors (Lipinski definition) is 3. The summed E-state index contributed by atoms with van der Waals surface area (Å²) in [6.07, 6.45) is 1.57. The summed E-state index contributed by atoms with van der Waals surface area (Å²) in [7, 11) is 1.66. The maximum Gasteiger partial charge on any atom is 0.227 e. The smallest absolute Gasteiger partial charge is 0.227 e. The van der Waals surface area contributed by atoms with Crippen LogP contribution in [0.3, 0.4) is 0 Å². The predicted molar refractivity (Wildman–Crippen MR) is 87.2 cm³/mol. The number of hydrogen-bond donors (Lipinski definition) is 1. The predicted octanol–water partition coefficient (Wildman–Crippen LogP) is 3.23. The van der Waals surface area contributed by atoms with Crippen LogP contribution >= 0.6 is 0 Å². The molecule has 4 heteroatoms. The van der Waals surface area contributed by atoms with Crippen molar-refractivity contribution in [1.82, 2.24) is 0 Å². The van der Waals surface area contributed by atoms with Crippen LogP contribution in [0.4, 0.5) is 11.4 Å². The summed E-state index contributed by atoms with van der Waals surface area (Å²) in [5, 5.41) is 3.33. The average Bonchev–Trinajstić information content (AvgIpc) is 2.99. The van der Waals surface area contributed by atoms with Gasteiger partial charge in [-0.05, 0) is 30.7 Å². The molecule has 1 aliphatic heterocycles. The number of ether oxygens (including phenoxy) is 1. The molecule has 0 atom stereocenters. The van der Waals surface area contributed by atoms with E-state index < -0.39 is 0 Å². The van der Waals surface area contributed by atoms with Crippen molar-refractivity contribution in [3.05, 3.63) is 54.1 Å². The normalized spacial score (nSPS) is 14.2. The first-order chi connectivity index (χ1) is 10.8. The zero-order valence-electron chi connectivity index (χ0n) is 12.6. The van der Waals surface area contributed by atoms with Gasteiger partial charge in [-0.3, -0.25) is 4.79 Å². The quantitative estimate of drug-likeness (QED) is 0.920. The third kappa shape index (κ3) is 3.06. The first-order valence-corrected chi connectivity index (χ1v) is 7.46. The molecule has 0 spiro atoms. The number of rotatable bonds is 5. The second kappa shape index (κ2) is 6.52. The summed E-state index contributed by atoms with van der Waals surface area (Å²) in [5.74, 6) is 1.01. The maximum absolute atomic E-state index is 11.9. The Labute approximate surface area is 130 Å². The second-order valence-corrected chi connectivity index (χ2v) is 5.27. The van der Waals surface area contributed by atoms with E-state index in [0.29, 0.717) is 13.0 Å². The molecule has 1 fully saturated rings. The van der Waals surface area contributed by atoms with Gasteiger partial charge in [-0.2, -0.15) is 0 Å². The molecule has 4 nitrogen and oxygen atoms in total. The zero-order chi connectivity index (χ0) is 15.4. The fourth-order valence-electron chi connectivity index (χ4n) is 2.69. The van der Waals surface area contributed by atoms with E-state index in [1.165, 1.54) is 0 Å². The van der Waals surface area contributed by atoms with Crippen LogP contribution in [0.1, 0.15) is 18.4 Å². The summed E-state index contributed by atoms with van der Waals surface area (Å²) in [5.41, 5.74) is 2.90. The lowest BCUT2D eigenvalue weighted by molar-refractivity contribution is -0.117. The fraction of sp³-hybridized carbons (Fsp3) is 0.278. The van der Waals surface area contributed by atoms with Gasteiger partial charge in [0.05, 0.1) is 7.11 Å². The third-order valence-corrected chi connectivity index (χ3v) is 3.83. The molecule has 0 saturated carbocycles. The van der Waals surface area contributed by atoms with Gasteiger partial charge in [-0.1, -0.05) is 18.2 Å². The Bertz CT molecular complexity index is 655. The van der Waals surface area contributed by atoms with Crippen molar-refractivity contribution in [2.24, 2.45) is 0 Å². The third-order valence-electron chi connectivity index (χ3n) is 3.83. The lowest BCUT2D eigenvalue weighted by Gasteiger charge is -2.18. The Morgan fingerprint density at radius 1 is 1.32 bits per heavy atom. The Morgan fingerprint density at radius 2 is 2.23 bits per heavy atom. The highest BCUT2D eigenvalue weighted by atomic mass is 16.5. The molecular formula is C18H19N2O2. The summed E-state index contributed by atoms with van der Waals surface area (Å²) in [4.78, 5) is 13.7. The number of benzene rings is 2. The molecule has 1 heterocycles. The SMILES string of the molecule is COc1ccc(N2CCCC2=O)cc1CNc1[c]cccc1. The molecule has 0 aromatic heterocycles. The molecule has 22 heavy (non-hydrogen) atoms. The molecule has 2 aromatic carbocycles. The van der Waals surface area contributed by atoms with Crippen LogP contribution in [0.25, 0.3) is 0 Å². The molecule has 0 aliphatic carbocycles. The Morgan fingerprint density at radius 3 is 2.91 bits per heavy atom. The number of para-hydroxylation sites is 1. The van der Waals surface area contributed by atoms with Crippen LogP contribution in [-0.4, -0.2) is 19.6 Å². The summed E-state index contributed by atoms with van der Waals surface area (Å²) >= 11 is 0. The summed E-state index contributed by atoms with van der Waals surface area (Å²) in [6.45, 7) is 1.42. The van der Waals surface area contributed by atoms with Crippen molar-refractivity contribution in [2.45, 2.75) is 19.4 Å². The van der Waals surface area contributed by atoms with E-state index in [9.17, 15) is 4.79 Å². The highest BCUT2D eigenvalue weighted by molar-refractivity contribution is 5.95. The Balaban J connectivity index is 1.80. The van der Waals surface area contributed by atoms with E-state index in [-0.39, 0.29) is 5.91 Å². The fourth-order valence-corrected chi connectivity index (χ4v) is 2.69. The van der Waals surface area contributed by atoms with E-state index in [4.69, 9.17) is 4.74 Å². The van der Waals surface area contributed by atoms with Crippen molar-refractivity contribution >= 4 is 17.3 Å². The van der Waals surface area contributed by atoms with Gasteiger partial charge in [0.25, 0.3) is 0 Å². The molecule has 1 N–H and O–H groups in total. The summed E-state index contributed by atoms with van der Waals surface area (Å²) < 4.78 is 5.42. The van der Waals surface area contributed by atoms with Crippen LogP contribution in [0, 0.1) is 6.07 Å². The van der Waals surface area contributed by atoms with E-state index in [0.717, 1.165) is 35.7 Å². The van der Waals surface area contributed by atoms with Gasteiger partial charge < -0.3 is 15.0 Å². The Kier molecular flexibility index (Phi) is 4.28. The molecule has 1 saturated heterocycles. The number of nitrogens with one attached hydrogen (secondary N) is 1. The van der Waals surface area contributed by atoms with Crippen molar-refractivity contribution < 1.29 is 9.53 Å². The molecule has 1 amide bonds. The van der Waals surface area contributed by atoms with Gasteiger partial charge in [0, 0.05) is 42.5 Å². The highest BCUT2D eigenvalue weighted by Crippen LogP contribution is 2.28. The molecule has 1 radical (unpaired) electrons. The van der Waals surface area contributed by atoms with Gasteiger partial charge in [0.15, 0.2) is 0 Å². The summed E-state index contributed by atoms with van der Waals surface area (Å²) in [6, 6.07) is 16.8. The van der Waals surface area contributed by atoms with Gasteiger partial charge in [0.1, 0.15) is 5.75 Å². The zero-order valence-corrected chi connectivity index (χ0v) is 12.6. The van der Waals surface area contributed by atoms with Gasteiger partial charge in [0.2, 0.25) is 5.91 Å². The second-order valence-electron chi connectivity index (χ2n) is 5.27. The van der Waals surface area contributed by atoms with Crippen molar-refractivity contribution in [3.8, 4) is 5.75 Å². The van der Waals surface area contributed by atoms with Crippen molar-refractivity contribution in [1.29, 1.82) is 0 Å². The van der Waals surface area contributed by atoms with Crippen LogP contribution < -0.4 is 15.0 Å². The molecule has 0 unspecified atom stereocenters. The van der Waals surface area contributed by atoms with Crippen LogP contribution in [0.2, 0.25) is 0 Å². The van der Waals surface area contributed by atoms with Crippen LogP contribution in [0.5, 0.6) is 5.75 Å². The van der Waals surface area contributed by atoms with Crippen molar-refractivity contribution in [3.63, 3.8) is 0 Å². The average molecular weight is 295 g/mol. The minimum atomic E-state index is 0.195. The number of amides is 1. The monoisotopic (exact) mass is 295 g/mol. The largest absolute Gasteiger partial charge is 0.496 e. The minimum absolute atomic E-state index is 0.195. The molecular weight excluding hydrogens is 276 g/mol. The molecule has 3 rings (SSSR count). The molecule has 0 bridgehead atoms. The number of carbonyl (C=O) groups excluding carboxylic acids is 1. The van der Waals surface area contributed by atoms with Crippen LogP contribution in [0.15, 0.2) is 42.5 Å². The van der Waals surface area contributed by atoms with Gasteiger partial charge in [-0.15, -0.1) is 0 Å². The Hall–Kier alpha value is -2.49. The maximum atomic E-state index is 11.9. The molecule has 1 aliphatic rings. The van der Waals surface area contributed by atoms with Gasteiger partial charge in [-0.25, -0.2) is 0 Å². The van der Waals surface area contributed by atoms with E-state index >= 15 is 0 Å². The van der Waals surface area contributed by atoms with Gasteiger partial charge >= 0.3 is 0 Å². The lowest BCUT2D eigenvalue weighted by Crippen LogP contribution is -2.23. The van der Waals surface area contributed by atoms with E-state index in [1.807, 2.05) is 47.4 Å². The lowest BCUT2D eigenvalue weighted by atomic mass is 10.1. The molecule has 2 aromatic rings. The van der Waals surface area contributed by atoms with Crippen molar-refractivity contribution in [2.75, 3.05) is 23.9 Å². The number of anilines is 2. The first kappa shape index (κ1) is 14.4. The minimum Gasteiger partial charge on any atom is -0.496 e.